The zero-order valence-corrected chi connectivity index (χ0v) is 7.18. The third-order valence-corrected chi connectivity index (χ3v) is 2.97. The summed E-state index contributed by atoms with van der Waals surface area (Å²) in [5.41, 5.74) is 0. The number of alkyl halides is 3. The largest absolute Gasteiger partial charge is 0.388 e. The Morgan fingerprint density at radius 1 is 1.45 bits per heavy atom. The Labute approximate surface area is 65.3 Å². The van der Waals surface area contributed by atoms with Crippen molar-refractivity contribution in [3.05, 3.63) is 12.7 Å². The second-order valence-corrected chi connectivity index (χ2v) is 4.59. The van der Waals surface area contributed by atoms with Crippen LogP contribution in [-0.2, 0) is 4.80 Å². The maximum Gasteiger partial charge on any atom is 0.388 e. The smallest absolute Gasteiger partial charge is 0.301 e. The molecule has 0 aromatic heterocycles. The van der Waals surface area contributed by atoms with Crippen LogP contribution in [0.2, 0.25) is 12.1 Å². The molecule has 1 nitrogen and oxygen atoms in total. The van der Waals surface area contributed by atoms with Gasteiger partial charge in [0, 0.05) is 6.42 Å². The number of rotatable bonds is 4. The van der Waals surface area contributed by atoms with Gasteiger partial charge in [0.25, 0.3) is 0 Å². The molecule has 65 valence electrons. The van der Waals surface area contributed by atoms with E-state index in [1.54, 1.807) is 0 Å². The Balaban J connectivity index is 3.45. The highest BCUT2D eigenvalue weighted by atomic mass is 28.3. The fraction of sp³-hybridized carbons (Fsp3) is 0.667. The van der Waals surface area contributed by atoms with Gasteiger partial charge in [-0.2, -0.15) is 13.2 Å². The maximum atomic E-state index is 11.5. The van der Waals surface area contributed by atoms with Crippen LogP contribution in [-0.4, -0.2) is 15.2 Å². The number of hydrogen-bond donors (Lipinski definition) is 0. The lowest BCUT2D eigenvalue weighted by atomic mass is 10.5. The number of hydrogen-bond acceptors (Lipinski definition) is 0. The van der Waals surface area contributed by atoms with E-state index in [1.165, 1.54) is 6.08 Å². The Morgan fingerprint density at radius 3 is 2.36 bits per heavy atom. The molecule has 0 fully saturated rings. The highest BCUT2D eigenvalue weighted by Crippen LogP contribution is 2.22. The third-order valence-electron chi connectivity index (χ3n) is 1.18. The summed E-state index contributed by atoms with van der Waals surface area (Å²) >= 11 is 0. The average Bonchev–Trinajstić information content (AvgIpc) is 1.83. The topological polar surface area (TPSA) is 19.9 Å². The monoisotopic (exact) mass is 183 g/mol. The number of halogens is 3. The quantitative estimate of drug-likeness (QED) is 0.470. The summed E-state index contributed by atoms with van der Waals surface area (Å²) in [5.74, 6) is 0. The van der Waals surface area contributed by atoms with E-state index in [-0.39, 0.29) is 12.1 Å². The van der Waals surface area contributed by atoms with E-state index in [2.05, 4.69) is 6.58 Å². The van der Waals surface area contributed by atoms with Crippen molar-refractivity contribution in [2.45, 2.75) is 24.7 Å². The van der Waals surface area contributed by atoms with Crippen LogP contribution >= 0.6 is 0 Å². The van der Waals surface area contributed by atoms with Crippen molar-refractivity contribution in [2.75, 3.05) is 0 Å². The lowest BCUT2D eigenvalue weighted by molar-refractivity contribution is -0.131. The molecule has 0 bridgehead atoms. The van der Waals surface area contributed by atoms with Crippen molar-refractivity contribution in [1.29, 1.82) is 0 Å². The lowest BCUT2D eigenvalue weighted by Crippen LogP contribution is -2.14. The predicted octanol–water partition coefficient (Wildman–Crippen LogP) is 2.28. The van der Waals surface area contributed by atoms with Crippen LogP contribution < -0.4 is 0 Å². The van der Waals surface area contributed by atoms with Gasteiger partial charge in [0.05, 0.1) is 0 Å². The molecule has 0 heterocycles. The van der Waals surface area contributed by atoms with Gasteiger partial charge in [0.15, 0.2) is 0 Å². The Hall–Kier alpha value is -0.293. The summed E-state index contributed by atoms with van der Waals surface area (Å²) < 4.78 is 34.5. The molecule has 1 unspecified atom stereocenters. The highest BCUT2D eigenvalue weighted by Gasteiger charge is 2.28. The van der Waals surface area contributed by atoms with E-state index in [4.69, 9.17) is 0 Å². The molecule has 0 saturated carbocycles. The summed E-state index contributed by atoms with van der Waals surface area (Å²) in [6.45, 7) is 3.30. The van der Waals surface area contributed by atoms with Gasteiger partial charge in [-0.1, -0.05) is 6.08 Å². The molecule has 0 aromatic rings. The summed E-state index contributed by atoms with van der Waals surface area (Å²) in [4.78, 5) is 10.7. The van der Waals surface area contributed by atoms with Crippen LogP contribution in [0, 0.1) is 0 Å². The molecule has 0 amide bonds. The van der Waals surface area contributed by atoms with Gasteiger partial charge in [0.2, 0.25) is 9.04 Å². The molecule has 0 aliphatic heterocycles. The molecule has 0 aliphatic rings. The van der Waals surface area contributed by atoms with E-state index in [9.17, 15) is 18.0 Å². The minimum atomic E-state index is -4.17. The highest BCUT2D eigenvalue weighted by molar-refractivity contribution is 6.50. The molecule has 1 atom stereocenters. The normalized spacial score (nSPS) is 14.5. The van der Waals surface area contributed by atoms with Gasteiger partial charge >= 0.3 is 6.18 Å². The van der Waals surface area contributed by atoms with E-state index in [1.807, 2.05) is 0 Å². The van der Waals surface area contributed by atoms with Gasteiger partial charge < -0.3 is 4.80 Å². The summed E-state index contributed by atoms with van der Waals surface area (Å²) in [6.07, 6.45) is -3.70. The zero-order valence-electron chi connectivity index (χ0n) is 6.03. The fourth-order valence-corrected chi connectivity index (χ4v) is 1.89. The molecule has 5 heteroatoms. The van der Waals surface area contributed by atoms with Crippen LogP contribution in [0.5, 0.6) is 0 Å². The number of allylic oxidation sites excluding steroid dienone is 1. The van der Waals surface area contributed by atoms with Crippen LogP contribution in [0.3, 0.4) is 0 Å². The summed E-state index contributed by atoms with van der Waals surface area (Å²) in [6, 6.07) is 0.0333. The Bertz CT molecular complexity index is 123. The zero-order chi connectivity index (χ0) is 8.91. The first-order valence-corrected chi connectivity index (χ1v) is 5.39. The Morgan fingerprint density at radius 2 is 2.00 bits per heavy atom. The molecule has 0 saturated heterocycles. The van der Waals surface area contributed by atoms with Crippen LogP contribution in [0.25, 0.3) is 0 Å². The third kappa shape index (κ3) is 7.61. The first kappa shape index (κ1) is 10.7. The minimum absolute atomic E-state index is 0.213. The molecule has 0 spiro atoms. The van der Waals surface area contributed by atoms with E-state index < -0.39 is 21.6 Å². The Kier molecular flexibility index (Phi) is 4.44. The van der Waals surface area contributed by atoms with E-state index in [0.29, 0.717) is 0 Å². The lowest BCUT2D eigenvalue weighted by Gasteiger charge is -2.06. The first-order chi connectivity index (χ1) is 4.95. The van der Waals surface area contributed by atoms with Crippen LogP contribution in [0.4, 0.5) is 13.2 Å². The molecule has 0 rings (SSSR count). The van der Waals surface area contributed by atoms with E-state index >= 15 is 0 Å². The standard InChI is InChI=1S/C6H10F3OSi/c1-2-4-11(10)5-3-6(7,8)9/h2,11H,1,3-5H2. The minimum Gasteiger partial charge on any atom is -0.301 e. The SMILES string of the molecule is C=CC[SiH]([O])CCC(F)(F)F. The molecular weight excluding hydrogens is 173 g/mol. The van der Waals surface area contributed by atoms with Crippen LogP contribution in [0.1, 0.15) is 6.42 Å². The summed E-state index contributed by atoms with van der Waals surface area (Å²) in [5, 5.41) is 0. The van der Waals surface area contributed by atoms with Gasteiger partial charge in [-0.25, -0.2) is 0 Å². The van der Waals surface area contributed by atoms with Crippen molar-refractivity contribution in [3.63, 3.8) is 0 Å². The maximum absolute atomic E-state index is 11.5. The van der Waals surface area contributed by atoms with Gasteiger partial charge in [-0.3, -0.25) is 0 Å². The molecule has 1 radical (unpaired) electrons. The molecular formula is C6H10F3OSi. The van der Waals surface area contributed by atoms with Crippen molar-refractivity contribution in [2.24, 2.45) is 0 Å². The van der Waals surface area contributed by atoms with Crippen molar-refractivity contribution >= 4 is 9.04 Å². The van der Waals surface area contributed by atoms with Gasteiger partial charge in [-0.15, -0.1) is 6.58 Å². The molecule has 0 aliphatic carbocycles. The van der Waals surface area contributed by atoms with Crippen molar-refractivity contribution < 1.29 is 18.0 Å². The molecule has 0 aromatic carbocycles. The van der Waals surface area contributed by atoms with Gasteiger partial charge in [-0.05, 0) is 12.1 Å². The average molecular weight is 183 g/mol. The second-order valence-electron chi connectivity index (χ2n) is 2.30. The van der Waals surface area contributed by atoms with Crippen molar-refractivity contribution in [3.8, 4) is 0 Å². The molecule has 11 heavy (non-hydrogen) atoms. The first-order valence-electron chi connectivity index (χ1n) is 3.29. The van der Waals surface area contributed by atoms with E-state index in [0.717, 1.165) is 0 Å². The fourth-order valence-electron chi connectivity index (χ4n) is 0.628. The summed E-state index contributed by atoms with van der Waals surface area (Å²) in [7, 11) is -2.39. The molecule has 0 N–H and O–H groups in total. The van der Waals surface area contributed by atoms with Crippen LogP contribution in [0.15, 0.2) is 12.7 Å². The van der Waals surface area contributed by atoms with Crippen molar-refractivity contribution in [1.82, 2.24) is 0 Å². The predicted molar refractivity (Wildman–Crippen MR) is 38.3 cm³/mol. The second kappa shape index (κ2) is 4.56. The van der Waals surface area contributed by atoms with Gasteiger partial charge in [0.1, 0.15) is 0 Å².